The topological polar surface area (TPSA) is 39.7 Å². The molecule has 0 unspecified atom stereocenters. The third-order valence-electron chi connectivity index (χ3n) is 2.93. The lowest BCUT2D eigenvalue weighted by Crippen LogP contribution is -2.39. The standard InChI is InChI=1S/C15H32N4/c1-7-10-17-15(16-8-2)18-11-9-12-19(13(3)4)14(5)6/h7,13-14H,1,8-12H2,2-6H3,(H2,16,17,18). The Kier molecular flexibility index (Phi) is 10.3. The first-order valence-corrected chi connectivity index (χ1v) is 7.41. The van der Waals surface area contributed by atoms with Gasteiger partial charge in [0.05, 0.1) is 0 Å². The Hall–Kier alpha value is -1.03. The van der Waals surface area contributed by atoms with Gasteiger partial charge >= 0.3 is 0 Å². The number of nitrogens with one attached hydrogen (secondary N) is 2. The van der Waals surface area contributed by atoms with Crippen LogP contribution in [0, 0.1) is 0 Å². The van der Waals surface area contributed by atoms with E-state index in [0.29, 0.717) is 12.1 Å². The molecule has 0 atom stereocenters. The molecule has 4 nitrogen and oxygen atoms in total. The number of guanidine groups is 1. The highest BCUT2D eigenvalue weighted by Crippen LogP contribution is 2.05. The predicted molar refractivity (Wildman–Crippen MR) is 85.8 cm³/mol. The van der Waals surface area contributed by atoms with Crippen molar-refractivity contribution in [2.24, 2.45) is 4.99 Å². The zero-order valence-electron chi connectivity index (χ0n) is 13.4. The van der Waals surface area contributed by atoms with Crippen molar-refractivity contribution in [1.29, 1.82) is 0 Å². The van der Waals surface area contributed by atoms with Gasteiger partial charge in [0.15, 0.2) is 5.96 Å². The molecule has 0 saturated heterocycles. The van der Waals surface area contributed by atoms with E-state index >= 15 is 0 Å². The van der Waals surface area contributed by atoms with Crippen molar-refractivity contribution in [3.8, 4) is 0 Å². The van der Waals surface area contributed by atoms with E-state index in [1.807, 2.05) is 6.08 Å². The maximum absolute atomic E-state index is 4.56. The third kappa shape index (κ3) is 8.65. The molecule has 0 heterocycles. The number of rotatable bonds is 9. The molecule has 112 valence electrons. The lowest BCUT2D eigenvalue weighted by Gasteiger charge is -2.30. The van der Waals surface area contributed by atoms with Gasteiger partial charge in [-0.2, -0.15) is 0 Å². The minimum atomic E-state index is 0.594. The van der Waals surface area contributed by atoms with Crippen molar-refractivity contribution in [3.05, 3.63) is 12.7 Å². The van der Waals surface area contributed by atoms with Crippen molar-refractivity contribution in [2.45, 2.75) is 53.1 Å². The van der Waals surface area contributed by atoms with E-state index in [9.17, 15) is 0 Å². The zero-order chi connectivity index (χ0) is 14.7. The Morgan fingerprint density at radius 3 is 2.32 bits per heavy atom. The van der Waals surface area contributed by atoms with E-state index in [4.69, 9.17) is 0 Å². The van der Waals surface area contributed by atoms with Crippen LogP contribution in [0.3, 0.4) is 0 Å². The number of nitrogens with zero attached hydrogens (tertiary/aromatic N) is 2. The average Bonchev–Trinajstić information content (AvgIpc) is 2.34. The first-order valence-electron chi connectivity index (χ1n) is 7.41. The number of hydrogen-bond acceptors (Lipinski definition) is 2. The van der Waals surface area contributed by atoms with E-state index in [0.717, 1.165) is 38.6 Å². The minimum Gasteiger partial charge on any atom is -0.357 e. The van der Waals surface area contributed by atoms with Gasteiger partial charge in [-0.3, -0.25) is 9.89 Å². The fourth-order valence-electron chi connectivity index (χ4n) is 2.07. The van der Waals surface area contributed by atoms with Gasteiger partial charge < -0.3 is 10.6 Å². The summed E-state index contributed by atoms with van der Waals surface area (Å²) in [5.41, 5.74) is 0. The fourth-order valence-corrected chi connectivity index (χ4v) is 2.07. The smallest absolute Gasteiger partial charge is 0.191 e. The largest absolute Gasteiger partial charge is 0.357 e. The molecule has 0 aromatic heterocycles. The number of aliphatic imine (C=N–C) groups is 1. The van der Waals surface area contributed by atoms with Gasteiger partial charge in [0.2, 0.25) is 0 Å². The highest BCUT2D eigenvalue weighted by Gasteiger charge is 2.11. The molecule has 0 rings (SSSR count). The molecule has 0 aliphatic heterocycles. The summed E-state index contributed by atoms with van der Waals surface area (Å²) in [6.07, 6.45) is 2.92. The van der Waals surface area contributed by atoms with Crippen LogP contribution in [0.25, 0.3) is 0 Å². The zero-order valence-corrected chi connectivity index (χ0v) is 13.4. The normalized spacial score (nSPS) is 12.3. The Bertz CT molecular complexity index is 251. The molecule has 0 fully saturated rings. The van der Waals surface area contributed by atoms with Crippen molar-refractivity contribution >= 4 is 5.96 Å². The molecule has 0 amide bonds. The summed E-state index contributed by atoms with van der Waals surface area (Å²) in [5.74, 6) is 0.878. The van der Waals surface area contributed by atoms with Crippen LogP contribution in [0.1, 0.15) is 41.0 Å². The van der Waals surface area contributed by atoms with Gasteiger partial charge in [-0.15, -0.1) is 6.58 Å². The molecule has 2 N–H and O–H groups in total. The van der Waals surface area contributed by atoms with Crippen LogP contribution in [-0.4, -0.2) is 49.1 Å². The molecule has 0 spiro atoms. The van der Waals surface area contributed by atoms with Crippen LogP contribution < -0.4 is 10.6 Å². The van der Waals surface area contributed by atoms with Gasteiger partial charge in [0, 0.05) is 38.3 Å². The van der Waals surface area contributed by atoms with Crippen molar-refractivity contribution in [2.75, 3.05) is 26.2 Å². The monoisotopic (exact) mass is 268 g/mol. The van der Waals surface area contributed by atoms with Crippen molar-refractivity contribution in [1.82, 2.24) is 15.5 Å². The molecule has 0 radical (unpaired) electrons. The maximum atomic E-state index is 4.56. The molecular formula is C15H32N4. The van der Waals surface area contributed by atoms with Crippen LogP contribution in [-0.2, 0) is 0 Å². The van der Waals surface area contributed by atoms with E-state index in [1.165, 1.54) is 0 Å². The van der Waals surface area contributed by atoms with Gasteiger partial charge in [-0.05, 0) is 41.0 Å². The van der Waals surface area contributed by atoms with Gasteiger partial charge in [0.1, 0.15) is 0 Å². The van der Waals surface area contributed by atoms with Crippen molar-refractivity contribution < 1.29 is 0 Å². The Morgan fingerprint density at radius 1 is 1.21 bits per heavy atom. The third-order valence-corrected chi connectivity index (χ3v) is 2.93. The minimum absolute atomic E-state index is 0.594. The molecule has 0 aromatic carbocycles. The molecule has 19 heavy (non-hydrogen) atoms. The molecule has 0 saturated carbocycles. The lowest BCUT2D eigenvalue weighted by molar-refractivity contribution is 0.174. The molecule has 4 heteroatoms. The second kappa shape index (κ2) is 10.9. The van der Waals surface area contributed by atoms with E-state index in [1.54, 1.807) is 0 Å². The van der Waals surface area contributed by atoms with E-state index in [2.05, 4.69) is 61.7 Å². The SMILES string of the molecule is C=CCNC(=NCCCN(C(C)C)C(C)C)NCC. The lowest BCUT2D eigenvalue weighted by atomic mass is 10.2. The number of hydrogen-bond donors (Lipinski definition) is 2. The summed E-state index contributed by atoms with van der Waals surface area (Å²) in [7, 11) is 0. The van der Waals surface area contributed by atoms with Crippen LogP contribution in [0.5, 0.6) is 0 Å². The van der Waals surface area contributed by atoms with Crippen LogP contribution in [0.4, 0.5) is 0 Å². The Labute approximate surface area is 119 Å². The Balaban J connectivity index is 4.10. The van der Waals surface area contributed by atoms with E-state index < -0.39 is 0 Å². The maximum Gasteiger partial charge on any atom is 0.191 e. The molecule has 0 aromatic rings. The summed E-state index contributed by atoms with van der Waals surface area (Å²) in [5, 5.41) is 6.44. The molecule has 0 aliphatic carbocycles. The van der Waals surface area contributed by atoms with Gasteiger partial charge in [-0.1, -0.05) is 6.08 Å². The summed E-state index contributed by atoms with van der Waals surface area (Å²) in [6.45, 7) is 18.3. The Morgan fingerprint density at radius 2 is 1.84 bits per heavy atom. The summed E-state index contributed by atoms with van der Waals surface area (Å²) >= 11 is 0. The molecule has 0 bridgehead atoms. The summed E-state index contributed by atoms with van der Waals surface area (Å²) < 4.78 is 0. The first kappa shape index (κ1) is 18.0. The molecule has 0 aliphatic rings. The predicted octanol–water partition coefficient (Wildman–Crippen LogP) is 2.24. The molecular weight excluding hydrogens is 236 g/mol. The first-order chi connectivity index (χ1) is 9.02. The van der Waals surface area contributed by atoms with Crippen molar-refractivity contribution in [3.63, 3.8) is 0 Å². The highest BCUT2D eigenvalue weighted by atomic mass is 15.2. The quantitative estimate of drug-likeness (QED) is 0.291. The fraction of sp³-hybridized carbons (Fsp3) is 0.800. The highest BCUT2D eigenvalue weighted by molar-refractivity contribution is 5.79. The second-order valence-electron chi connectivity index (χ2n) is 5.21. The second-order valence-corrected chi connectivity index (χ2v) is 5.21. The van der Waals surface area contributed by atoms with E-state index in [-0.39, 0.29) is 0 Å². The van der Waals surface area contributed by atoms with Gasteiger partial charge in [0.25, 0.3) is 0 Å². The average molecular weight is 268 g/mol. The van der Waals surface area contributed by atoms with Gasteiger partial charge in [-0.25, -0.2) is 0 Å². The summed E-state index contributed by atoms with van der Waals surface area (Å²) in [4.78, 5) is 7.06. The van der Waals surface area contributed by atoms with Crippen LogP contribution >= 0.6 is 0 Å². The van der Waals surface area contributed by atoms with Crippen LogP contribution in [0.15, 0.2) is 17.6 Å². The van der Waals surface area contributed by atoms with Crippen LogP contribution in [0.2, 0.25) is 0 Å². The summed E-state index contributed by atoms with van der Waals surface area (Å²) in [6, 6.07) is 1.19.